The summed E-state index contributed by atoms with van der Waals surface area (Å²) in [5.74, 6) is 2.04. The average molecular weight is 201 g/mol. The van der Waals surface area contributed by atoms with E-state index in [0.29, 0.717) is 5.89 Å². The van der Waals surface area contributed by atoms with Crippen LogP contribution in [0.3, 0.4) is 0 Å². The lowest BCUT2D eigenvalue weighted by Crippen LogP contribution is -2.13. The van der Waals surface area contributed by atoms with Crippen molar-refractivity contribution < 1.29 is 4.42 Å². The van der Waals surface area contributed by atoms with Gasteiger partial charge in [0, 0.05) is 6.42 Å². The summed E-state index contributed by atoms with van der Waals surface area (Å²) < 4.78 is 5.40. The Morgan fingerprint density at radius 2 is 2.31 bits per heavy atom. The number of alkyl halides is 1. The Morgan fingerprint density at radius 1 is 1.54 bits per heavy atom. The van der Waals surface area contributed by atoms with E-state index in [4.69, 9.17) is 16.0 Å². The smallest absolute Gasteiger partial charge is 0.234 e. The van der Waals surface area contributed by atoms with E-state index >= 15 is 0 Å². The second-order valence-corrected chi connectivity index (χ2v) is 4.31. The first-order valence-electron chi connectivity index (χ1n) is 4.72. The Bertz CT molecular complexity index is 281. The van der Waals surface area contributed by atoms with Crippen molar-refractivity contribution in [3.8, 4) is 0 Å². The summed E-state index contributed by atoms with van der Waals surface area (Å²) in [7, 11) is 0. The molecule has 0 bridgehead atoms. The first-order chi connectivity index (χ1) is 6.25. The summed E-state index contributed by atoms with van der Waals surface area (Å²) >= 11 is 5.80. The zero-order valence-electron chi connectivity index (χ0n) is 7.66. The molecule has 2 rings (SSSR count). The molecule has 1 aromatic rings. The molecule has 0 amide bonds. The molecule has 3 nitrogen and oxygen atoms in total. The van der Waals surface area contributed by atoms with Gasteiger partial charge in [0.25, 0.3) is 0 Å². The molecule has 0 spiro atoms. The molecule has 1 unspecified atom stereocenters. The van der Waals surface area contributed by atoms with Gasteiger partial charge in [-0.3, -0.25) is 0 Å². The van der Waals surface area contributed by atoms with Crippen LogP contribution in [0.4, 0.5) is 0 Å². The number of rotatable bonds is 3. The van der Waals surface area contributed by atoms with Gasteiger partial charge in [-0.25, -0.2) is 0 Å². The van der Waals surface area contributed by atoms with Crippen LogP contribution in [-0.2, 0) is 6.42 Å². The Hall–Kier alpha value is -0.570. The van der Waals surface area contributed by atoms with Crippen molar-refractivity contribution in [1.29, 1.82) is 0 Å². The SMILES string of the molecule is CC(Cl)c1nnc(CC2CCC2)o1. The number of aromatic nitrogens is 2. The van der Waals surface area contributed by atoms with Crippen molar-refractivity contribution in [3.63, 3.8) is 0 Å². The molecule has 1 aliphatic carbocycles. The van der Waals surface area contributed by atoms with Crippen molar-refractivity contribution in [1.82, 2.24) is 10.2 Å². The van der Waals surface area contributed by atoms with E-state index in [2.05, 4.69) is 10.2 Å². The first-order valence-corrected chi connectivity index (χ1v) is 5.15. The highest BCUT2D eigenvalue weighted by Crippen LogP contribution is 2.29. The first kappa shape index (κ1) is 9.00. The standard InChI is InChI=1S/C9H13ClN2O/c1-6(10)9-12-11-8(13-9)5-7-3-2-4-7/h6-7H,2-5H2,1H3. The van der Waals surface area contributed by atoms with E-state index in [1.807, 2.05) is 6.92 Å². The van der Waals surface area contributed by atoms with Gasteiger partial charge in [0.15, 0.2) is 0 Å². The third kappa shape index (κ3) is 2.02. The topological polar surface area (TPSA) is 38.9 Å². The van der Waals surface area contributed by atoms with Gasteiger partial charge in [-0.05, 0) is 25.7 Å². The largest absolute Gasteiger partial charge is 0.424 e. The highest BCUT2D eigenvalue weighted by molar-refractivity contribution is 6.20. The number of halogens is 1. The van der Waals surface area contributed by atoms with E-state index in [9.17, 15) is 0 Å². The van der Waals surface area contributed by atoms with E-state index in [-0.39, 0.29) is 5.38 Å². The predicted octanol–water partition coefficient (Wildman–Crippen LogP) is 2.71. The van der Waals surface area contributed by atoms with E-state index in [0.717, 1.165) is 18.2 Å². The quantitative estimate of drug-likeness (QED) is 0.705. The lowest BCUT2D eigenvalue weighted by molar-refractivity contribution is 0.287. The fourth-order valence-corrected chi connectivity index (χ4v) is 1.54. The summed E-state index contributed by atoms with van der Waals surface area (Å²) in [6, 6.07) is 0. The molecule has 0 aliphatic heterocycles. The molecule has 0 N–H and O–H groups in total. The molecule has 72 valence electrons. The Labute approximate surface area is 82.5 Å². The van der Waals surface area contributed by atoms with Crippen LogP contribution in [-0.4, -0.2) is 10.2 Å². The maximum atomic E-state index is 5.80. The molecule has 1 atom stereocenters. The molecule has 13 heavy (non-hydrogen) atoms. The summed E-state index contributed by atoms with van der Waals surface area (Å²) in [6.07, 6.45) is 4.87. The molecule has 1 aromatic heterocycles. The minimum Gasteiger partial charge on any atom is -0.424 e. The van der Waals surface area contributed by atoms with Crippen LogP contribution in [0.1, 0.15) is 43.3 Å². The normalized spacial score (nSPS) is 19.8. The van der Waals surface area contributed by atoms with Crippen LogP contribution in [0.2, 0.25) is 0 Å². The van der Waals surface area contributed by atoms with Crippen LogP contribution < -0.4 is 0 Å². The zero-order chi connectivity index (χ0) is 9.26. The Morgan fingerprint density at radius 3 is 2.77 bits per heavy atom. The Balaban J connectivity index is 1.96. The van der Waals surface area contributed by atoms with E-state index < -0.39 is 0 Å². The summed E-state index contributed by atoms with van der Waals surface area (Å²) in [6.45, 7) is 1.84. The van der Waals surface area contributed by atoms with Gasteiger partial charge in [0.2, 0.25) is 11.8 Å². The summed E-state index contributed by atoms with van der Waals surface area (Å²) in [4.78, 5) is 0. The van der Waals surface area contributed by atoms with Gasteiger partial charge in [-0.15, -0.1) is 21.8 Å². The molecular weight excluding hydrogens is 188 g/mol. The predicted molar refractivity (Wildman–Crippen MR) is 49.6 cm³/mol. The highest BCUT2D eigenvalue weighted by atomic mass is 35.5. The maximum absolute atomic E-state index is 5.80. The summed E-state index contributed by atoms with van der Waals surface area (Å²) in [5, 5.41) is 7.66. The molecule has 1 aliphatic rings. The van der Waals surface area contributed by atoms with Gasteiger partial charge >= 0.3 is 0 Å². The van der Waals surface area contributed by atoms with Crippen LogP contribution in [0.15, 0.2) is 4.42 Å². The van der Waals surface area contributed by atoms with Crippen molar-refractivity contribution in [2.75, 3.05) is 0 Å². The molecule has 0 radical (unpaired) electrons. The zero-order valence-corrected chi connectivity index (χ0v) is 8.42. The molecule has 0 aromatic carbocycles. The molecular formula is C9H13ClN2O. The van der Waals surface area contributed by atoms with Crippen LogP contribution in [0.25, 0.3) is 0 Å². The van der Waals surface area contributed by atoms with Gasteiger partial charge in [0.1, 0.15) is 5.38 Å². The number of hydrogen-bond donors (Lipinski definition) is 0. The fraction of sp³-hybridized carbons (Fsp3) is 0.778. The minimum atomic E-state index is -0.178. The van der Waals surface area contributed by atoms with Crippen molar-refractivity contribution in [2.45, 2.75) is 38.0 Å². The summed E-state index contributed by atoms with van der Waals surface area (Å²) in [5.41, 5.74) is 0. The highest BCUT2D eigenvalue weighted by Gasteiger charge is 2.21. The van der Waals surface area contributed by atoms with Gasteiger partial charge in [-0.2, -0.15) is 0 Å². The fourth-order valence-electron chi connectivity index (χ4n) is 1.45. The number of nitrogens with zero attached hydrogens (tertiary/aromatic N) is 2. The minimum absolute atomic E-state index is 0.178. The maximum Gasteiger partial charge on any atom is 0.234 e. The molecule has 1 fully saturated rings. The van der Waals surface area contributed by atoms with Gasteiger partial charge in [0.05, 0.1) is 0 Å². The second-order valence-electron chi connectivity index (χ2n) is 3.65. The van der Waals surface area contributed by atoms with Gasteiger partial charge in [-0.1, -0.05) is 6.42 Å². The average Bonchev–Trinajstić information content (AvgIpc) is 2.44. The lowest BCUT2D eigenvalue weighted by atomic mass is 9.83. The van der Waals surface area contributed by atoms with Crippen LogP contribution in [0.5, 0.6) is 0 Å². The van der Waals surface area contributed by atoms with Gasteiger partial charge < -0.3 is 4.42 Å². The van der Waals surface area contributed by atoms with E-state index in [1.54, 1.807) is 0 Å². The molecule has 1 heterocycles. The monoisotopic (exact) mass is 200 g/mol. The van der Waals surface area contributed by atoms with Crippen LogP contribution in [0, 0.1) is 5.92 Å². The Kier molecular flexibility index (Phi) is 2.54. The van der Waals surface area contributed by atoms with Crippen molar-refractivity contribution >= 4 is 11.6 Å². The molecule has 1 saturated carbocycles. The molecule has 4 heteroatoms. The second kappa shape index (κ2) is 3.66. The third-order valence-electron chi connectivity index (χ3n) is 2.51. The van der Waals surface area contributed by atoms with E-state index in [1.165, 1.54) is 19.3 Å². The lowest BCUT2D eigenvalue weighted by Gasteiger charge is -2.23. The van der Waals surface area contributed by atoms with Crippen molar-refractivity contribution in [3.05, 3.63) is 11.8 Å². The number of hydrogen-bond acceptors (Lipinski definition) is 3. The molecule has 0 saturated heterocycles. The van der Waals surface area contributed by atoms with Crippen LogP contribution >= 0.6 is 11.6 Å². The third-order valence-corrected chi connectivity index (χ3v) is 2.70. The van der Waals surface area contributed by atoms with Crippen molar-refractivity contribution in [2.24, 2.45) is 5.92 Å².